The second-order valence-corrected chi connectivity index (χ2v) is 6.38. The van der Waals surface area contributed by atoms with Gasteiger partial charge in [-0.25, -0.2) is 0 Å². The molecule has 1 aromatic carbocycles. The molecule has 2 heterocycles. The zero-order valence-electron chi connectivity index (χ0n) is 13.8. The standard InChI is InChI=1S/C18H26N4O/c1-15-4-2-3-5-16(15)12-22-10-9-21(14-18(22)7-11-23)13-17-6-8-19-20-17/h2-6,8,18,23H,7,9-14H2,1H3,(H,19,20)/t18-/m0/s1. The first-order valence-corrected chi connectivity index (χ1v) is 8.36. The fourth-order valence-corrected chi connectivity index (χ4v) is 3.35. The number of H-pyrrole nitrogens is 1. The highest BCUT2D eigenvalue weighted by molar-refractivity contribution is 5.25. The molecule has 0 saturated carbocycles. The first-order chi connectivity index (χ1) is 11.3. The minimum atomic E-state index is 0.243. The lowest BCUT2D eigenvalue weighted by Gasteiger charge is -2.41. The number of aryl methyl sites for hydroxylation is 1. The van der Waals surface area contributed by atoms with E-state index in [1.807, 2.05) is 6.07 Å². The first kappa shape index (κ1) is 16.2. The molecule has 5 heteroatoms. The molecule has 1 fully saturated rings. The van der Waals surface area contributed by atoms with Gasteiger partial charge in [-0.15, -0.1) is 0 Å². The molecule has 0 radical (unpaired) electrons. The average molecular weight is 314 g/mol. The van der Waals surface area contributed by atoms with Crippen molar-refractivity contribution in [3.8, 4) is 0 Å². The van der Waals surface area contributed by atoms with Crippen LogP contribution in [0.25, 0.3) is 0 Å². The summed E-state index contributed by atoms with van der Waals surface area (Å²) in [6.45, 7) is 7.36. The highest BCUT2D eigenvalue weighted by atomic mass is 16.3. The van der Waals surface area contributed by atoms with Crippen LogP contribution in [0.5, 0.6) is 0 Å². The molecule has 0 unspecified atom stereocenters. The summed E-state index contributed by atoms with van der Waals surface area (Å²) < 4.78 is 0. The quantitative estimate of drug-likeness (QED) is 0.853. The maximum Gasteiger partial charge on any atom is 0.0492 e. The van der Waals surface area contributed by atoms with Gasteiger partial charge in [-0.2, -0.15) is 5.10 Å². The molecule has 1 saturated heterocycles. The zero-order valence-corrected chi connectivity index (χ0v) is 13.8. The summed E-state index contributed by atoms with van der Waals surface area (Å²) >= 11 is 0. The monoisotopic (exact) mass is 314 g/mol. The number of aromatic amines is 1. The molecule has 1 aliphatic heterocycles. The Balaban J connectivity index is 1.64. The summed E-state index contributed by atoms with van der Waals surface area (Å²) in [7, 11) is 0. The van der Waals surface area contributed by atoms with E-state index in [4.69, 9.17) is 0 Å². The molecule has 0 bridgehead atoms. The highest BCUT2D eigenvalue weighted by Gasteiger charge is 2.27. The zero-order chi connectivity index (χ0) is 16.1. The second-order valence-electron chi connectivity index (χ2n) is 6.38. The number of aliphatic hydroxyl groups is 1. The van der Waals surface area contributed by atoms with Gasteiger partial charge in [0, 0.05) is 57.3 Å². The number of aromatic nitrogens is 2. The normalized spacial score (nSPS) is 20.0. The molecule has 124 valence electrons. The van der Waals surface area contributed by atoms with Crippen LogP contribution < -0.4 is 0 Å². The summed E-state index contributed by atoms with van der Waals surface area (Å²) in [5.74, 6) is 0. The number of nitrogens with one attached hydrogen (secondary N) is 1. The smallest absolute Gasteiger partial charge is 0.0492 e. The largest absolute Gasteiger partial charge is 0.396 e. The van der Waals surface area contributed by atoms with Crippen molar-refractivity contribution < 1.29 is 5.11 Å². The van der Waals surface area contributed by atoms with Gasteiger partial charge in [-0.1, -0.05) is 24.3 Å². The molecule has 23 heavy (non-hydrogen) atoms. The van der Waals surface area contributed by atoms with Gasteiger partial charge in [-0.3, -0.25) is 14.9 Å². The Morgan fingerprint density at radius 1 is 1.22 bits per heavy atom. The third-order valence-electron chi connectivity index (χ3n) is 4.74. The number of rotatable bonds is 6. The van der Waals surface area contributed by atoms with Crippen molar-refractivity contribution in [2.45, 2.75) is 32.5 Å². The summed E-state index contributed by atoms with van der Waals surface area (Å²) in [5.41, 5.74) is 3.88. The highest BCUT2D eigenvalue weighted by Crippen LogP contribution is 2.19. The Kier molecular flexibility index (Phi) is 5.43. The van der Waals surface area contributed by atoms with Gasteiger partial charge in [0.05, 0.1) is 0 Å². The molecule has 1 aromatic heterocycles. The van der Waals surface area contributed by atoms with E-state index in [2.05, 4.69) is 51.2 Å². The number of hydrogen-bond donors (Lipinski definition) is 2. The number of hydrogen-bond acceptors (Lipinski definition) is 4. The van der Waals surface area contributed by atoms with Crippen molar-refractivity contribution in [3.05, 3.63) is 53.3 Å². The topological polar surface area (TPSA) is 55.4 Å². The third kappa shape index (κ3) is 4.19. The van der Waals surface area contributed by atoms with Crippen molar-refractivity contribution in [3.63, 3.8) is 0 Å². The SMILES string of the molecule is Cc1ccccc1CN1CCN(Cc2ccn[nH]2)C[C@@H]1CCO. The Hall–Kier alpha value is -1.69. The van der Waals surface area contributed by atoms with Crippen molar-refractivity contribution >= 4 is 0 Å². The Morgan fingerprint density at radius 2 is 2.09 bits per heavy atom. The summed E-state index contributed by atoms with van der Waals surface area (Å²) in [5, 5.41) is 16.5. The predicted octanol–water partition coefficient (Wildman–Crippen LogP) is 1.79. The molecule has 0 amide bonds. The van der Waals surface area contributed by atoms with Crippen LogP contribution in [0.3, 0.4) is 0 Å². The molecule has 2 aromatic rings. The summed E-state index contributed by atoms with van der Waals surface area (Å²) in [6.07, 6.45) is 2.63. The van der Waals surface area contributed by atoms with E-state index in [1.54, 1.807) is 6.20 Å². The number of nitrogens with zero attached hydrogens (tertiary/aromatic N) is 3. The lowest BCUT2D eigenvalue weighted by molar-refractivity contribution is 0.0493. The van der Waals surface area contributed by atoms with E-state index in [9.17, 15) is 5.11 Å². The minimum Gasteiger partial charge on any atom is -0.396 e. The van der Waals surface area contributed by atoms with Crippen LogP contribution in [-0.4, -0.2) is 57.4 Å². The van der Waals surface area contributed by atoms with Gasteiger partial charge in [-0.05, 0) is 30.5 Å². The van der Waals surface area contributed by atoms with Crippen molar-refractivity contribution in [2.75, 3.05) is 26.2 Å². The molecule has 1 aliphatic rings. The maximum absolute atomic E-state index is 9.44. The predicted molar refractivity (Wildman–Crippen MR) is 90.9 cm³/mol. The summed E-state index contributed by atoms with van der Waals surface area (Å²) in [4.78, 5) is 4.96. The fourth-order valence-electron chi connectivity index (χ4n) is 3.35. The number of piperazine rings is 1. The van der Waals surface area contributed by atoms with Gasteiger partial charge in [0.15, 0.2) is 0 Å². The Labute approximate surface area is 137 Å². The van der Waals surface area contributed by atoms with Crippen LogP contribution in [0.4, 0.5) is 0 Å². The number of benzene rings is 1. The lowest BCUT2D eigenvalue weighted by Crippen LogP contribution is -2.52. The molecular weight excluding hydrogens is 288 g/mol. The van der Waals surface area contributed by atoms with Gasteiger partial charge in [0.25, 0.3) is 0 Å². The summed E-state index contributed by atoms with van der Waals surface area (Å²) in [6, 6.07) is 11.0. The van der Waals surface area contributed by atoms with E-state index in [-0.39, 0.29) is 6.61 Å². The van der Waals surface area contributed by atoms with Gasteiger partial charge < -0.3 is 5.11 Å². The average Bonchev–Trinajstić information content (AvgIpc) is 3.05. The molecule has 0 spiro atoms. The van der Waals surface area contributed by atoms with Crippen molar-refractivity contribution in [1.29, 1.82) is 0 Å². The van der Waals surface area contributed by atoms with E-state index in [0.29, 0.717) is 6.04 Å². The maximum atomic E-state index is 9.44. The Bertz CT molecular complexity index is 599. The Morgan fingerprint density at radius 3 is 2.83 bits per heavy atom. The van der Waals surface area contributed by atoms with Crippen molar-refractivity contribution in [1.82, 2.24) is 20.0 Å². The van der Waals surface area contributed by atoms with Crippen LogP contribution in [0.2, 0.25) is 0 Å². The molecular formula is C18H26N4O. The van der Waals surface area contributed by atoms with Crippen LogP contribution in [0.1, 0.15) is 23.2 Å². The van der Waals surface area contributed by atoms with E-state index < -0.39 is 0 Å². The number of aliphatic hydroxyl groups excluding tert-OH is 1. The van der Waals surface area contributed by atoms with E-state index in [1.165, 1.54) is 11.1 Å². The van der Waals surface area contributed by atoms with E-state index >= 15 is 0 Å². The van der Waals surface area contributed by atoms with Crippen LogP contribution in [-0.2, 0) is 13.1 Å². The van der Waals surface area contributed by atoms with E-state index in [0.717, 1.165) is 44.8 Å². The van der Waals surface area contributed by atoms with Crippen LogP contribution in [0.15, 0.2) is 36.5 Å². The second kappa shape index (κ2) is 7.73. The van der Waals surface area contributed by atoms with Gasteiger partial charge >= 0.3 is 0 Å². The fraction of sp³-hybridized carbons (Fsp3) is 0.500. The molecule has 0 aliphatic carbocycles. The third-order valence-corrected chi connectivity index (χ3v) is 4.74. The van der Waals surface area contributed by atoms with Gasteiger partial charge in [0.2, 0.25) is 0 Å². The van der Waals surface area contributed by atoms with Crippen LogP contribution in [0, 0.1) is 6.92 Å². The minimum absolute atomic E-state index is 0.243. The molecule has 2 N–H and O–H groups in total. The van der Waals surface area contributed by atoms with Crippen LogP contribution >= 0.6 is 0 Å². The molecule has 1 atom stereocenters. The van der Waals surface area contributed by atoms with Crippen molar-refractivity contribution in [2.24, 2.45) is 0 Å². The van der Waals surface area contributed by atoms with Gasteiger partial charge in [0.1, 0.15) is 0 Å². The molecule has 3 rings (SSSR count). The lowest BCUT2D eigenvalue weighted by atomic mass is 10.0. The molecule has 5 nitrogen and oxygen atoms in total. The first-order valence-electron chi connectivity index (χ1n) is 8.36.